The number of aryl methyl sites for hydroxylation is 1. The summed E-state index contributed by atoms with van der Waals surface area (Å²) < 4.78 is 1.30. The third-order valence-electron chi connectivity index (χ3n) is 3.56. The standard InChI is InChI=1S/C16H21N3O3S/c1-3-4-8-19-14(20)6-5-13(18-19)15(21)17-11-16(2,22)12-7-9-23-10-12/h5-7,9-10,22H,3-4,8,11H2,1-2H3,(H,17,21). The van der Waals surface area contributed by atoms with E-state index in [1.165, 1.54) is 28.2 Å². The van der Waals surface area contributed by atoms with Crippen molar-refractivity contribution in [1.82, 2.24) is 15.1 Å². The first-order valence-corrected chi connectivity index (χ1v) is 8.50. The van der Waals surface area contributed by atoms with Gasteiger partial charge in [0.2, 0.25) is 0 Å². The van der Waals surface area contributed by atoms with E-state index in [1.54, 1.807) is 6.92 Å². The fraction of sp³-hybridized carbons (Fsp3) is 0.438. The highest BCUT2D eigenvalue weighted by Gasteiger charge is 2.24. The lowest BCUT2D eigenvalue weighted by atomic mass is 9.99. The minimum Gasteiger partial charge on any atom is -0.384 e. The maximum Gasteiger partial charge on any atom is 0.271 e. The number of carbonyl (C=O) groups is 1. The van der Waals surface area contributed by atoms with E-state index < -0.39 is 11.5 Å². The van der Waals surface area contributed by atoms with Gasteiger partial charge < -0.3 is 10.4 Å². The third kappa shape index (κ3) is 4.49. The topological polar surface area (TPSA) is 84.2 Å². The molecule has 0 aromatic carbocycles. The molecule has 0 spiro atoms. The number of aliphatic hydroxyl groups is 1. The van der Waals surface area contributed by atoms with Crippen molar-refractivity contribution in [3.8, 4) is 0 Å². The van der Waals surface area contributed by atoms with Gasteiger partial charge in [-0.05, 0) is 41.8 Å². The summed E-state index contributed by atoms with van der Waals surface area (Å²) in [6, 6.07) is 4.56. The van der Waals surface area contributed by atoms with Crippen LogP contribution in [0.1, 0.15) is 42.7 Å². The van der Waals surface area contributed by atoms with E-state index in [1.807, 2.05) is 23.8 Å². The van der Waals surface area contributed by atoms with Crippen LogP contribution in [0.15, 0.2) is 33.8 Å². The average molecular weight is 335 g/mol. The molecule has 2 heterocycles. The van der Waals surface area contributed by atoms with Gasteiger partial charge in [-0.15, -0.1) is 0 Å². The number of amides is 1. The smallest absolute Gasteiger partial charge is 0.271 e. The Hall–Kier alpha value is -1.99. The van der Waals surface area contributed by atoms with Crippen molar-refractivity contribution in [3.05, 3.63) is 50.6 Å². The third-order valence-corrected chi connectivity index (χ3v) is 4.24. The molecule has 0 aliphatic rings. The van der Waals surface area contributed by atoms with Gasteiger partial charge in [0.25, 0.3) is 11.5 Å². The molecule has 0 bridgehead atoms. The Morgan fingerprint density at radius 3 is 2.87 bits per heavy atom. The zero-order chi connectivity index (χ0) is 16.9. The molecule has 0 saturated heterocycles. The van der Waals surface area contributed by atoms with Crippen LogP contribution in [0.5, 0.6) is 0 Å². The molecule has 7 heteroatoms. The average Bonchev–Trinajstić information content (AvgIpc) is 3.07. The zero-order valence-corrected chi connectivity index (χ0v) is 14.1. The number of nitrogens with zero attached hydrogens (tertiary/aromatic N) is 2. The molecular formula is C16H21N3O3S. The van der Waals surface area contributed by atoms with Crippen LogP contribution in [-0.4, -0.2) is 27.3 Å². The molecule has 1 amide bonds. The van der Waals surface area contributed by atoms with Gasteiger partial charge in [0.15, 0.2) is 0 Å². The normalized spacial score (nSPS) is 13.5. The molecule has 2 aromatic heterocycles. The van der Waals surface area contributed by atoms with Crippen LogP contribution < -0.4 is 10.9 Å². The summed E-state index contributed by atoms with van der Waals surface area (Å²) >= 11 is 1.49. The number of unbranched alkanes of at least 4 members (excludes halogenated alkanes) is 1. The van der Waals surface area contributed by atoms with Gasteiger partial charge in [-0.2, -0.15) is 16.4 Å². The number of aromatic nitrogens is 2. The Labute approximate surface area is 138 Å². The van der Waals surface area contributed by atoms with E-state index in [9.17, 15) is 14.7 Å². The van der Waals surface area contributed by atoms with Crippen molar-refractivity contribution in [3.63, 3.8) is 0 Å². The van der Waals surface area contributed by atoms with Gasteiger partial charge in [0.1, 0.15) is 11.3 Å². The lowest BCUT2D eigenvalue weighted by Gasteiger charge is -2.22. The Bertz CT molecular complexity index is 708. The van der Waals surface area contributed by atoms with Crippen LogP contribution in [0.3, 0.4) is 0 Å². The molecule has 2 rings (SSSR count). The summed E-state index contributed by atoms with van der Waals surface area (Å²) in [6.45, 7) is 4.22. The van der Waals surface area contributed by atoms with Crippen LogP contribution in [0.2, 0.25) is 0 Å². The maximum atomic E-state index is 12.2. The van der Waals surface area contributed by atoms with E-state index >= 15 is 0 Å². The molecule has 0 aliphatic heterocycles. The number of carbonyl (C=O) groups excluding carboxylic acids is 1. The first-order chi connectivity index (χ1) is 10.9. The fourth-order valence-electron chi connectivity index (χ4n) is 2.05. The Morgan fingerprint density at radius 2 is 2.22 bits per heavy atom. The van der Waals surface area contributed by atoms with Crippen LogP contribution in [-0.2, 0) is 12.1 Å². The summed E-state index contributed by atoms with van der Waals surface area (Å²) in [5.41, 5.74) is -0.447. The molecule has 124 valence electrons. The highest BCUT2D eigenvalue weighted by molar-refractivity contribution is 7.08. The lowest BCUT2D eigenvalue weighted by molar-refractivity contribution is 0.0528. The molecular weight excluding hydrogens is 314 g/mol. The second-order valence-corrected chi connectivity index (χ2v) is 6.38. The summed E-state index contributed by atoms with van der Waals surface area (Å²) in [7, 11) is 0. The molecule has 2 aromatic rings. The van der Waals surface area contributed by atoms with Gasteiger partial charge in [0.05, 0.1) is 6.54 Å². The van der Waals surface area contributed by atoms with Crippen molar-refractivity contribution in [2.45, 2.75) is 38.8 Å². The van der Waals surface area contributed by atoms with Crippen molar-refractivity contribution >= 4 is 17.2 Å². The highest BCUT2D eigenvalue weighted by atomic mass is 32.1. The quantitative estimate of drug-likeness (QED) is 0.807. The van der Waals surface area contributed by atoms with Crippen molar-refractivity contribution < 1.29 is 9.90 Å². The maximum absolute atomic E-state index is 12.2. The van der Waals surface area contributed by atoms with E-state index in [0.29, 0.717) is 6.54 Å². The van der Waals surface area contributed by atoms with Crippen LogP contribution in [0, 0.1) is 0 Å². The van der Waals surface area contributed by atoms with Crippen molar-refractivity contribution in [1.29, 1.82) is 0 Å². The van der Waals surface area contributed by atoms with Gasteiger partial charge in [-0.25, -0.2) is 4.68 Å². The number of hydrogen-bond donors (Lipinski definition) is 2. The minimum atomic E-state index is -1.15. The van der Waals surface area contributed by atoms with Gasteiger partial charge in [-0.3, -0.25) is 9.59 Å². The fourth-order valence-corrected chi connectivity index (χ4v) is 2.84. The Kier molecular flexibility index (Phi) is 5.68. The molecule has 0 radical (unpaired) electrons. The van der Waals surface area contributed by atoms with E-state index in [-0.39, 0.29) is 17.8 Å². The molecule has 23 heavy (non-hydrogen) atoms. The van der Waals surface area contributed by atoms with Crippen LogP contribution in [0.25, 0.3) is 0 Å². The Morgan fingerprint density at radius 1 is 1.43 bits per heavy atom. The first-order valence-electron chi connectivity index (χ1n) is 7.55. The largest absolute Gasteiger partial charge is 0.384 e. The first kappa shape index (κ1) is 17.4. The summed E-state index contributed by atoms with van der Waals surface area (Å²) in [4.78, 5) is 23.9. The molecule has 1 atom stereocenters. The van der Waals surface area contributed by atoms with Gasteiger partial charge >= 0.3 is 0 Å². The second kappa shape index (κ2) is 7.52. The summed E-state index contributed by atoms with van der Waals surface area (Å²) in [5.74, 6) is -0.411. The Balaban J connectivity index is 2.05. The predicted molar refractivity (Wildman–Crippen MR) is 89.6 cm³/mol. The number of nitrogens with one attached hydrogen (secondary N) is 1. The molecule has 2 N–H and O–H groups in total. The number of hydrogen-bond acceptors (Lipinski definition) is 5. The van der Waals surface area contributed by atoms with Crippen molar-refractivity contribution in [2.24, 2.45) is 0 Å². The van der Waals surface area contributed by atoms with Crippen molar-refractivity contribution in [2.75, 3.05) is 6.54 Å². The van der Waals surface area contributed by atoms with Crippen LogP contribution in [0.4, 0.5) is 0 Å². The number of rotatable bonds is 7. The molecule has 6 nitrogen and oxygen atoms in total. The van der Waals surface area contributed by atoms with Crippen LogP contribution >= 0.6 is 11.3 Å². The van der Waals surface area contributed by atoms with E-state index in [2.05, 4.69) is 10.4 Å². The predicted octanol–water partition coefficient (Wildman–Crippen LogP) is 1.74. The van der Waals surface area contributed by atoms with Gasteiger partial charge in [0, 0.05) is 12.6 Å². The molecule has 0 saturated carbocycles. The number of thiophene rings is 1. The lowest BCUT2D eigenvalue weighted by Crippen LogP contribution is -2.39. The summed E-state index contributed by atoms with van der Waals surface area (Å²) in [5, 5.41) is 20.9. The van der Waals surface area contributed by atoms with Gasteiger partial charge in [-0.1, -0.05) is 13.3 Å². The highest BCUT2D eigenvalue weighted by Crippen LogP contribution is 2.22. The zero-order valence-electron chi connectivity index (χ0n) is 13.3. The summed E-state index contributed by atoms with van der Waals surface area (Å²) in [6.07, 6.45) is 1.76. The molecule has 0 aliphatic carbocycles. The second-order valence-electron chi connectivity index (χ2n) is 5.60. The molecule has 1 unspecified atom stereocenters. The monoisotopic (exact) mass is 335 g/mol. The minimum absolute atomic E-state index is 0.0678. The van der Waals surface area contributed by atoms with E-state index in [4.69, 9.17) is 0 Å². The van der Waals surface area contributed by atoms with E-state index in [0.717, 1.165) is 18.4 Å². The SMILES string of the molecule is CCCCn1nc(C(=O)NCC(C)(O)c2ccsc2)ccc1=O. The molecule has 0 fully saturated rings.